The van der Waals surface area contributed by atoms with Crippen molar-refractivity contribution in [2.75, 3.05) is 14.1 Å². The number of phenols is 1. The highest BCUT2D eigenvalue weighted by molar-refractivity contribution is 6.26. The van der Waals surface area contributed by atoms with Crippen molar-refractivity contribution >= 4 is 40.8 Å². The number of Topliss-reactive ketones (excluding diaryl/α,β-unsaturated/α-hetero) is 3. The molecule has 3 aromatic rings. The van der Waals surface area contributed by atoms with Crippen molar-refractivity contribution in [3.8, 4) is 16.9 Å². The maximum Gasteiger partial charge on any atom is 0.270 e. The summed E-state index contributed by atoms with van der Waals surface area (Å²) in [4.78, 5) is 95.0. The SMILES string of the molecule is CN(C)[C@H]1C(O)C(C(N)=O)C(=O)[C@]2(O)C(=O)C3C(=O)c4c(O)c(CN5C(=O)c6ccccc6C5=O)cc(-c5cccc([N+](=O)[O-])c5)c4C[C@@H]3C[C@H]12. The maximum atomic E-state index is 14.5. The molecule has 2 saturated carbocycles. The lowest BCUT2D eigenvalue weighted by Gasteiger charge is -2.55. The van der Waals surface area contributed by atoms with Crippen molar-refractivity contribution in [1.82, 2.24) is 9.80 Å². The number of ketones is 3. The van der Waals surface area contributed by atoms with E-state index < -0.39 is 93.7 Å². The van der Waals surface area contributed by atoms with Gasteiger partial charge in [-0.05, 0) is 67.7 Å². The molecule has 1 aliphatic heterocycles. The molecule has 15 heteroatoms. The van der Waals surface area contributed by atoms with E-state index >= 15 is 0 Å². The highest BCUT2D eigenvalue weighted by Crippen LogP contribution is 2.53. The summed E-state index contributed by atoms with van der Waals surface area (Å²) in [6.07, 6.45) is -1.88. The number of aliphatic hydroxyl groups is 2. The van der Waals surface area contributed by atoms with Gasteiger partial charge < -0.3 is 26.0 Å². The Kier molecular flexibility index (Phi) is 7.78. The van der Waals surface area contributed by atoms with Crippen LogP contribution in [0.15, 0.2) is 54.6 Å². The van der Waals surface area contributed by atoms with Crippen LogP contribution in [0.2, 0.25) is 0 Å². The van der Waals surface area contributed by atoms with Gasteiger partial charge in [0.2, 0.25) is 5.91 Å². The van der Waals surface area contributed by atoms with Gasteiger partial charge >= 0.3 is 0 Å². The smallest absolute Gasteiger partial charge is 0.270 e. The quantitative estimate of drug-likeness (QED) is 0.122. The minimum Gasteiger partial charge on any atom is -0.507 e. The van der Waals surface area contributed by atoms with Crippen molar-refractivity contribution in [2.45, 2.75) is 37.1 Å². The Balaban J connectivity index is 1.39. The second-order valence-corrected chi connectivity index (χ2v) is 13.8. The highest BCUT2D eigenvalue weighted by atomic mass is 16.6. The number of hydrogen-bond acceptors (Lipinski definition) is 12. The van der Waals surface area contributed by atoms with E-state index in [2.05, 4.69) is 0 Å². The van der Waals surface area contributed by atoms with Gasteiger partial charge in [-0.25, -0.2) is 0 Å². The Morgan fingerprint density at radius 3 is 2.24 bits per heavy atom. The van der Waals surface area contributed by atoms with Gasteiger partial charge in [0.05, 0.1) is 40.2 Å². The third kappa shape index (κ3) is 4.76. The predicted molar refractivity (Wildman–Crippen MR) is 175 cm³/mol. The molecule has 0 radical (unpaired) electrons. The lowest BCUT2D eigenvalue weighted by molar-refractivity contribution is -0.384. The van der Waals surface area contributed by atoms with Crippen LogP contribution >= 0.6 is 0 Å². The summed E-state index contributed by atoms with van der Waals surface area (Å²) in [5, 5.41) is 46.6. The Hall–Kier alpha value is -5.64. The van der Waals surface area contributed by atoms with Crippen molar-refractivity contribution in [3.63, 3.8) is 0 Å². The number of carbonyl (C=O) groups is 6. The van der Waals surface area contributed by atoms with Crippen LogP contribution in [-0.4, -0.2) is 97.0 Å². The van der Waals surface area contributed by atoms with Gasteiger partial charge in [-0.2, -0.15) is 0 Å². The molecule has 15 nitrogen and oxygen atoms in total. The molecular weight excluding hydrogens is 664 g/mol. The standard InChI is InChI=1S/C36H32N4O11/c1-38(2)27-23-13-16-11-22-21(15-6-5-7-18(10-15)40(50)51)12-17(14-39-34(47)19-8-3-4-9-20(19)35(39)48)28(41)25(22)29(42)24(16)31(44)36(23,49)32(45)26(30(27)43)33(37)46/h3-10,12,16,23-24,26-27,30,41,43,49H,11,13-14H2,1-2H3,(H2,37,46)/t16-,23-,24?,26?,27-,30?,36-/m1/s1. The summed E-state index contributed by atoms with van der Waals surface area (Å²) >= 11 is 0. The number of amides is 3. The normalized spacial score (nSPS) is 28.3. The fourth-order valence-corrected chi connectivity index (χ4v) is 8.66. The van der Waals surface area contributed by atoms with Crippen LogP contribution in [0, 0.1) is 33.8 Å². The highest BCUT2D eigenvalue weighted by Gasteiger charge is 2.69. The van der Waals surface area contributed by atoms with Crippen molar-refractivity contribution in [1.29, 1.82) is 0 Å². The molecule has 1 heterocycles. The first-order valence-electron chi connectivity index (χ1n) is 16.2. The van der Waals surface area contributed by atoms with Crippen LogP contribution in [0.25, 0.3) is 11.1 Å². The van der Waals surface area contributed by atoms with E-state index in [0.717, 1.165) is 4.90 Å². The number of aliphatic hydroxyl groups excluding tert-OH is 1. The molecule has 3 aromatic carbocycles. The van der Waals surface area contributed by atoms with Gasteiger partial charge in [-0.15, -0.1) is 0 Å². The zero-order chi connectivity index (χ0) is 36.8. The largest absolute Gasteiger partial charge is 0.507 e. The monoisotopic (exact) mass is 696 g/mol. The average molecular weight is 697 g/mol. The summed E-state index contributed by atoms with van der Waals surface area (Å²) in [6.45, 7) is -0.504. The number of nitrogens with two attached hydrogens (primary N) is 1. The number of hydrogen-bond donors (Lipinski definition) is 4. The summed E-state index contributed by atoms with van der Waals surface area (Å²) in [7, 11) is 3.07. The number of likely N-dealkylation sites (N-methyl/N-ethyl adjacent to an activating group) is 1. The number of primary amides is 1. The van der Waals surface area contributed by atoms with Crippen LogP contribution in [0.5, 0.6) is 5.75 Å². The van der Waals surface area contributed by atoms with E-state index in [1.165, 1.54) is 55.4 Å². The number of rotatable bonds is 6. The number of phenolic OH excluding ortho intramolecular Hbond substituents is 1. The minimum absolute atomic E-state index is 0.0743. The number of fused-ring (bicyclic) bond motifs is 4. The van der Waals surface area contributed by atoms with Crippen molar-refractivity contribution in [2.24, 2.45) is 29.4 Å². The summed E-state index contributed by atoms with van der Waals surface area (Å²) in [6, 6.07) is 12.0. The Morgan fingerprint density at radius 1 is 1.00 bits per heavy atom. The molecule has 0 spiro atoms. The molecule has 5 N–H and O–H groups in total. The summed E-state index contributed by atoms with van der Waals surface area (Å²) in [5.41, 5.74) is 2.90. The average Bonchev–Trinajstić information content (AvgIpc) is 3.32. The van der Waals surface area contributed by atoms with Crippen LogP contribution in [0.1, 0.15) is 48.6 Å². The van der Waals surface area contributed by atoms with Crippen molar-refractivity contribution in [3.05, 3.63) is 92.5 Å². The Bertz CT molecular complexity index is 2090. The summed E-state index contributed by atoms with van der Waals surface area (Å²) in [5.74, 6) is -12.4. The molecule has 4 aliphatic rings. The zero-order valence-corrected chi connectivity index (χ0v) is 27.3. The number of nitrogens with zero attached hydrogens (tertiary/aromatic N) is 3. The number of non-ortho nitro benzene ring substituents is 1. The lowest BCUT2D eigenvalue weighted by atomic mass is 9.52. The molecule has 0 saturated heterocycles. The van der Waals surface area contributed by atoms with Gasteiger partial charge in [0.25, 0.3) is 17.5 Å². The Labute approximate surface area is 289 Å². The molecule has 262 valence electrons. The number of imide groups is 1. The fourth-order valence-electron chi connectivity index (χ4n) is 8.66. The van der Waals surface area contributed by atoms with Crippen LogP contribution < -0.4 is 5.73 Å². The van der Waals surface area contributed by atoms with Gasteiger partial charge in [0.1, 0.15) is 11.7 Å². The van der Waals surface area contributed by atoms with Crippen LogP contribution in [0.4, 0.5) is 5.69 Å². The first-order chi connectivity index (χ1) is 24.1. The number of benzene rings is 3. The topological polar surface area (TPSA) is 239 Å². The lowest BCUT2D eigenvalue weighted by Crippen LogP contribution is -2.75. The number of aromatic hydroxyl groups is 1. The van der Waals surface area contributed by atoms with Gasteiger partial charge in [-0.1, -0.05) is 24.3 Å². The Morgan fingerprint density at radius 2 is 1.65 bits per heavy atom. The van der Waals surface area contributed by atoms with Gasteiger partial charge in [0, 0.05) is 29.7 Å². The molecule has 3 amide bonds. The zero-order valence-electron chi connectivity index (χ0n) is 27.3. The van der Waals surface area contributed by atoms with Crippen molar-refractivity contribution < 1.29 is 49.0 Å². The van der Waals surface area contributed by atoms with E-state index in [-0.39, 0.29) is 57.5 Å². The van der Waals surface area contributed by atoms with Gasteiger partial charge in [0.15, 0.2) is 23.0 Å². The third-order valence-corrected chi connectivity index (χ3v) is 10.9. The minimum atomic E-state index is -2.88. The third-order valence-electron chi connectivity index (χ3n) is 10.9. The van der Waals surface area contributed by atoms with E-state index in [9.17, 15) is 54.2 Å². The first-order valence-corrected chi connectivity index (χ1v) is 16.2. The number of nitro benzene ring substituents is 1. The maximum absolute atomic E-state index is 14.5. The van der Waals surface area contributed by atoms with Crippen LogP contribution in [0.3, 0.4) is 0 Å². The number of carbonyl (C=O) groups excluding carboxylic acids is 6. The van der Waals surface area contributed by atoms with E-state index in [4.69, 9.17) is 5.73 Å². The second kappa shape index (κ2) is 11.7. The molecular formula is C36H32N4O11. The molecule has 7 rings (SSSR count). The van der Waals surface area contributed by atoms with E-state index in [0.29, 0.717) is 0 Å². The fraction of sp³-hybridized carbons (Fsp3) is 0.333. The van der Waals surface area contributed by atoms with Crippen LogP contribution in [-0.2, 0) is 27.3 Å². The number of nitro groups is 1. The molecule has 7 atom stereocenters. The molecule has 3 aliphatic carbocycles. The molecule has 3 unspecified atom stereocenters. The first kappa shape index (κ1) is 33.8. The molecule has 0 bridgehead atoms. The second-order valence-electron chi connectivity index (χ2n) is 13.8. The van der Waals surface area contributed by atoms with Gasteiger partial charge in [-0.3, -0.25) is 43.8 Å². The molecule has 0 aromatic heterocycles. The molecule has 51 heavy (non-hydrogen) atoms. The molecule has 2 fully saturated rings. The van der Waals surface area contributed by atoms with E-state index in [1.807, 2.05) is 0 Å². The summed E-state index contributed by atoms with van der Waals surface area (Å²) < 4.78 is 0. The predicted octanol–water partition coefficient (Wildman–Crippen LogP) is 1.03. The van der Waals surface area contributed by atoms with E-state index in [1.54, 1.807) is 18.2 Å².